The van der Waals surface area contributed by atoms with Crippen LogP contribution in [0.15, 0.2) is 24.3 Å². The molecular weight excluding hydrogens is 226 g/mol. The molecule has 1 rings (SSSR count). The van der Waals surface area contributed by atoms with Crippen LogP contribution in [-0.4, -0.2) is 11.6 Å². The maximum absolute atomic E-state index is 11.5. The third-order valence-corrected chi connectivity index (χ3v) is 2.55. The zero-order chi connectivity index (χ0) is 13.6. The van der Waals surface area contributed by atoms with Crippen LogP contribution in [0.5, 0.6) is 0 Å². The average molecular weight is 249 g/mol. The highest BCUT2D eigenvalue weighted by atomic mass is 16.6. The number of carbonyl (C=O) groups is 1. The van der Waals surface area contributed by atoms with Crippen molar-refractivity contribution >= 4 is 11.7 Å². The number of benzene rings is 1. The zero-order valence-corrected chi connectivity index (χ0v) is 11.5. The number of unbranched alkanes of at least 4 members (excludes halogenated alkanes) is 1. The quantitative estimate of drug-likeness (QED) is 0.495. The number of hydrogen-bond acceptors (Lipinski definition) is 3. The summed E-state index contributed by atoms with van der Waals surface area (Å²) in [5.41, 5.74) is 7.45. The first-order chi connectivity index (χ1) is 8.38. The van der Waals surface area contributed by atoms with Crippen molar-refractivity contribution in [2.75, 3.05) is 5.73 Å². The first-order valence-corrected chi connectivity index (χ1v) is 6.44. The molecule has 0 spiro atoms. The van der Waals surface area contributed by atoms with E-state index in [2.05, 4.69) is 0 Å². The van der Waals surface area contributed by atoms with Gasteiger partial charge in [-0.3, -0.25) is 4.79 Å². The monoisotopic (exact) mass is 249 g/mol. The summed E-state index contributed by atoms with van der Waals surface area (Å²) >= 11 is 0. The van der Waals surface area contributed by atoms with E-state index in [9.17, 15) is 4.79 Å². The van der Waals surface area contributed by atoms with Crippen LogP contribution in [0.3, 0.4) is 0 Å². The standard InChI is InChI=1S/C15H23NO2/c1-15(2,3)18-14(17)11-7-5-9-12-8-4-6-10-13(12)16/h4,6,8,10H,5,7,9,11,16H2,1-3H3. The van der Waals surface area contributed by atoms with Crippen LogP contribution < -0.4 is 5.73 Å². The zero-order valence-electron chi connectivity index (χ0n) is 11.5. The third-order valence-electron chi connectivity index (χ3n) is 2.55. The summed E-state index contributed by atoms with van der Waals surface area (Å²) in [6.07, 6.45) is 3.18. The highest BCUT2D eigenvalue weighted by Crippen LogP contribution is 2.15. The molecule has 0 amide bonds. The van der Waals surface area contributed by atoms with Gasteiger partial charge in [0.15, 0.2) is 0 Å². The minimum Gasteiger partial charge on any atom is -0.460 e. The number of nitrogen functional groups attached to an aromatic ring is 1. The van der Waals surface area contributed by atoms with Gasteiger partial charge < -0.3 is 10.5 Å². The molecule has 3 heteroatoms. The highest BCUT2D eigenvalue weighted by Gasteiger charge is 2.15. The van der Waals surface area contributed by atoms with Crippen molar-refractivity contribution < 1.29 is 9.53 Å². The van der Waals surface area contributed by atoms with Crippen LogP contribution in [0, 0.1) is 0 Å². The molecule has 18 heavy (non-hydrogen) atoms. The Bertz CT molecular complexity index is 394. The van der Waals surface area contributed by atoms with Crippen LogP contribution in [0.4, 0.5) is 5.69 Å². The van der Waals surface area contributed by atoms with E-state index >= 15 is 0 Å². The number of esters is 1. The summed E-state index contributed by atoms with van der Waals surface area (Å²) in [7, 11) is 0. The van der Waals surface area contributed by atoms with E-state index in [4.69, 9.17) is 10.5 Å². The van der Waals surface area contributed by atoms with E-state index in [1.807, 2.05) is 45.0 Å². The molecule has 0 aromatic heterocycles. The maximum Gasteiger partial charge on any atom is 0.306 e. The van der Waals surface area contributed by atoms with Crippen molar-refractivity contribution in [1.82, 2.24) is 0 Å². The third kappa shape index (κ3) is 5.71. The Balaban J connectivity index is 2.23. The summed E-state index contributed by atoms with van der Waals surface area (Å²) < 4.78 is 5.25. The molecule has 0 aliphatic heterocycles. The van der Waals surface area contributed by atoms with Gasteiger partial charge in [-0.25, -0.2) is 0 Å². The van der Waals surface area contributed by atoms with Crippen molar-refractivity contribution in [3.05, 3.63) is 29.8 Å². The average Bonchev–Trinajstić information content (AvgIpc) is 2.24. The van der Waals surface area contributed by atoms with E-state index in [0.717, 1.165) is 30.5 Å². The first-order valence-electron chi connectivity index (χ1n) is 6.44. The largest absolute Gasteiger partial charge is 0.460 e. The number of carbonyl (C=O) groups excluding carboxylic acids is 1. The molecule has 0 atom stereocenters. The van der Waals surface area contributed by atoms with Crippen LogP contribution in [0.25, 0.3) is 0 Å². The fraction of sp³-hybridized carbons (Fsp3) is 0.533. The van der Waals surface area contributed by atoms with Gasteiger partial charge in [0.1, 0.15) is 5.60 Å². The summed E-state index contributed by atoms with van der Waals surface area (Å²) in [5, 5.41) is 0. The van der Waals surface area contributed by atoms with E-state index in [-0.39, 0.29) is 11.6 Å². The fourth-order valence-corrected chi connectivity index (χ4v) is 1.74. The second-order valence-corrected chi connectivity index (χ2v) is 5.49. The molecule has 0 heterocycles. The Kier molecular flexibility index (Phi) is 5.20. The van der Waals surface area contributed by atoms with Crippen LogP contribution in [0.2, 0.25) is 0 Å². The van der Waals surface area contributed by atoms with Gasteiger partial charge in [0, 0.05) is 12.1 Å². The van der Waals surface area contributed by atoms with Gasteiger partial charge in [-0.05, 0) is 51.7 Å². The molecule has 0 fully saturated rings. The number of aryl methyl sites for hydroxylation is 1. The second-order valence-electron chi connectivity index (χ2n) is 5.49. The smallest absolute Gasteiger partial charge is 0.306 e. The molecule has 0 radical (unpaired) electrons. The van der Waals surface area contributed by atoms with Crippen molar-refractivity contribution in [3.8, 4) is 0 Å². The predicted octanol–water partition coefficient (Wildman–Crippen LogP) is 3.32. The number of para-hydroxylation sites is 1. The van der Waals surface area contributed by atoms with Gasteiger partial charge in [0.25, 0.3) is 0 Å². The van der Waals surface area contributed by atoms with Gasteiger partial charge in [0.05, 0.1) is 0 Å². The fourth-order valence-electron chi connectivity index (χ4n) is 1.74. The number of nitrogens with two attached hydrogens (primary N) is 1. The molecule has 100 valence electrons. The van der Waals surface area contributed by atoms with Crippen LogP contribution in [-0.2, 0) is 16.0 Å². The van der Waals surface area contributed by atoms with E-state index in [0.29, 0.717) is 6.42 Å². The van der Waals surface area contributed by atoms with E-state index < -0.39 is 0 Å². The Morgan fingerprint density at radius 1 is 1.22 bits per heavy atom. The molecule has 0 aliphatic rings. The Labute approximate surface area is 109 Å². The van der Waals surface area contributed by atoms with Gasteiger partial charge in [-0.2, -0.15) is 0 Å². The molecule has 1 aromatic rings. The predicted molar refractivity (Wildman–Crippen MR) is 74.3 cm³/mol. The lowest BCUT2D eigenvalue weighted by atomic mass is 10.1. The SMILES string of the molecule is CC(C)(C)OC(=O)CCCCc1ccccc1N. The van der Waals surface area contributed by atoms with Gasteiger partial charge in [0.2, 0.25) is 0 Å². The molecule has 3 nitrogen and oxygen atoms in total. The minimum atomic E-state index is -0.388. The van der Waals surface area contributed by atoms with Crippen molar-refractivity contribution in [2.24, 2.45) is 0 Å². The summed E-state index contributed by atoms with van der Waals surface area (Å²) in [6.45, 7) is 5.65. The lowest BCUT2D eigenvalue weighted by molar-refractivity contribution is -0.154. The molecular formula is C15H23NO2. The Hall–Kier alpha value is -1.51. The summed E-state index contributed by atoms with van der Waals surface area (Å²) in [6, 6.07) is 7.85. The van der Waals surface area contributed by atoms with Crippen molar-refractivity contribution in [3.63, 3.8) is 0 Å². The lowest BCUT2D eigenvalue weighted by Gasteiger charge is -2.19. The van der Waals surface area contributed by atoms with Crippen LogP contribution in [0.1, 0.15) is 45.6 Å². The molecule has 0 bridgehead atoms. The minimum absolute atomic E-state index is 0.122. The number of hydrogen-bond donors (Lipinski definition) is 1. The molecule has 0 unspecified atom stereocenters. The van der Waals surface area contributed by atoms with E-state index in [1.54, 1.807) is 0 Å². The van der Waals surface area contributed by atoms with E-state index in [1.165, 1.54) is 0 Å². The molecule has 0 saturated carbocycles. The molecule has 1 aromatic carbocycles. The summed E-state index contributed by atoms with van der Waals surface area (Å²) in [4.78, 5) is 11.5. The maximum atomic E-state index is 11.5. The molecule has 2 N–H and O–H groups in total. The topological polar surface area (TPSA) is 52.3 Å². The lowest BCUT2D eigenvalue weighted by Crippen LogP contribution is -2.23. The highest BCUT2D eigenvalue weighted by molar-refractivity contribution is 5.69. The van der Waals surface area contributed by atoms with Gasteiger partial charge in [-0.1, -0.05) is 18.2 Å². The van der Waals surface area contributed by atoms with Crippen molar-refractivity contribution in [1.29, 1.82) is 0 Å². The van der Waals surface area contributed by atoms with Gasteiger partial charge in [-0.15, -0.1) is 0 Å². The Morgan fingerprint density at radius 2 is 1.89 bits per heavy atom. The second kappa shape index (κ2) is 6.43. The molecule has 0 aliphatic carbocycles. The molecule has 0 saturated heterocycles. The first kappa shape index (κ1) is 14.6. The number of ether oxygens (including phenoxy) is 1. The summed E-state index contributed by atoms with van der Waals surface area (Å²) in [5.74, 6) is -0.122. The van der Waals surface area contributed by atoms with Crippen LogP contribution >= 0.6 is 0 Å². The number of anilines is 1. The number of rotatable bonds is 5. The van der Waals surface area contributed by atoms with Gasteiger partial charge >= 0.3 is 5.97 Å². The normalized spacial score (nSPS) is 11.3. The van der Waals surface area contributed by atoms with Crippen molar-refractivity contribution in [2.45, 2.75) is 52.1 Å². The Morgan fingerprint density at radius 3 is 2.50 bits per heavy atom.